The van der Waals surface area contributed by atoms with E-state index in [1.54, 1.807) is 41.1 Å². The fourth-order valence-electron chi connectivity index (χ4n) is 11.0. The first kappa shape index (κ1) is 62.6. The quantitative estimate of drug-likeness (QED) is 0.0776. The first-order chi connectivity index (χ1) is 35.2. The highest BCUT2D eigenvalue weighted by Crippen LogP contribution is 2.38. The molecule has 418 valence electrons. The van der Waals surface area contributed by atoms with Crippen LogP contribution >= 0.6 is 0 Å². The average Bonchev–Trinajstić information content (AvgIpc) is 3.38. The zero-order chi connectivity index (χ0) is 54.7. The Morgan fingerprint density at radius 1 is 0.865 bits per heavy atom. The predicted molar refractivity (Wildman–Crippen MR) is 279 cm³/mol. The molecular weight excluding hydrogens is 951 g/mol. The van der Waals surface area contributed by atoms with Gasteiger partial charge in [-0.25, -0.2) is 4.79 Å². The Labute approximate surface area is 441 Å². The highest BCUT2D eigenvalue weighted by Gasteiger charge is 2.53. The van der Waals surface area contributed by atoms with Gasteiger partial charge in [-0.15, -0.1) is 0 Å². The molecule has 4 aliphatic rings. The normalized spacial score (nSPS) is 36.9. The molecule has 3 heterocycles. The van der Waals surface area contributed by atoms with Crippen LogP contribution in [0.1, 0.15) is 152 Å². The molecule has 2 saturated heterocycles. The lowest BCUT2D eigenvalue weighted by Gasteiger charge is -2.42. The Morgan fingerprint density at radius 3 is 2.30 bits per heavy atom. The molecule has 2 bridgehead atoms. The number of piperidine rings is 1. The Morgan fingerprint density at radius 2 is 1.61 bits per heavy atom. The number of unbranched alkanes of at least 4 members (excludes halogenated alkanes) is 1. The Bertz CT molecular complexity index is 1980. The first-order valence-corrected chi connectivity index (χ1v) is 27.4. The van der Waals surface area contributed by atoms with Crippen LogP contribution in [0.2, 0.25) is 0 Å². The van der Waals surface area contributed by atoms with E-state index in [1.165, 1.54) is 12.0 Å². The molecule has 1 saturated carbocycles. The maximum atomic E-state index is 14.6. The van der Waals surface area contributed by atoms with Crippen LogP contribution in [-0.4, -0.2) is 146 Å². The van der Waals surface area contributed by atoms with Crippen LogP contribution in [-0.2, 0) is 61.9 Å². The zero-order valence-corrected chi connectivity index (χ0v) is 46.4. The minimum absolute atomic E-state index is 0.00878. The minimum atomic E-state index is -2.44. The molecule has 3 aliphatic heterocycles. The summed E-state index contributed by atoms with van der Waals surface area (Å²) in [6.45, 7) is 15.2. The number of ketones is 3. The van der Waals surface area contributed by atoms with Gasteiger partial charge in [0.05, 0.1) is 31.0 Å². The number of aliphatic hydroxyl groups excluding tert-OH is 1. The van der Waals surface area contributed by atoms with Crippen molar-refractivity contribution in [3.8, 4) is 0 Å². The van der Waals surface area contributed by atoms with Gasteiger partial charge in [0.2, 0.25) is 5.79 Å². The van der Waals surface area contributed by atoms with Crippen molar-refractivity contribution in [3.05, 3.63) is 47.6 Å². The molecule has 3 fully saturated rings. The maximum Gasteiger partial charge on any atom is 0.329 e. The van der Waals surface area contributed by atoms with Crippen LogP contribution in [0.4, 0.5) is 0 Å². The number of hydrogen-bond donors (Lipinski definition) is 2. The highest BCUT2D eigenvalue weighted by atomic mass is 16.6. The third kappa shape index (κ3) is 17.8. The number of Topliss-reactive ketones (excluding diaryl/α,β-unsaturated/α-hetero) is 3. The fourth-order valence-corrected chi connectivity index (χ4v) is 11.0. The van der Waals surface area contributed by atoms with Crippen molar-refractivity contribution < 1.29 is 72.1 Å². The van der Waals surface area contributed by atoms with Crippen molar-refractivity contribution in [2.75, 3.05) is 41.1 Å². The van der Waals surface area contributed by atoms with Crippen LogP contribution in [0.5, 0.6) is 0 Å². The molecule has 74 heavy (non-hydrogen) atoms. The van der Waals surface area contributed by atoms with E-state index < -0.39 is 77.8 Å². The third-order valence-corrected chi connectivity index (χ3v) is 15.9. The second kappa shape index (κ2) is 30.7. The largest absolute Gasteiger partial charge is 0.463 e. The zero-order valence-electron chi connectivity index (χ0n) is 46.4. The number of aliphatic hydroxyl groups is 2. The van der Waals surface area contributed by atoms with E-state index in [1.807, 2.05) is 65.0 Å². The number of cyclic esters (lactones) is 1. The van der Waals surface area contributed by atoms with Crippen LogP contribution < -0.4 is 0 Å². The standard InChI is InChI=1S/C58H91NO15/c1-12-13-22-51(61)72-29-28-71-47-26-24-43(33-50(47)69-10)32-39(5)49-35-46(60)38(4)31-41(7)53(63)54(70-11)52(62)40(6)30-36(2)19-15-14-16-20-37(3)48(68-9)34-44-25-23-42(8)58(67,74-44)55(64)56(65)59-27-18-17-21-45(59)57(66)73-49/h14-16,19-20,31,36,38-40,42-45,47-50,53-54,63,67H,12-13,17-18,21-30,32-35H2,1-11H3/b16-14+,19-15+,37-20+,41-31+/t36-,38-,39-,40-,42-,43+,44+,45+,47-,48+,49+,50-,53-,54+,58-/m1/s1. The number of allylic oxidation sites excluding steroid dienone is 6. The predicted octanol–water partition coefficient (Wildman–Crippen LogP) is 7.94. The van der Waals surface area contributed by atoms with Gasteiger partial charge in [-0.1, -0.05) is 84.4 Å². The summed E-state index contributed by atoms with van der Waals surface area (Å²) in [5.74, 6) is -8.34. The number of carbonyl (C=O) groups excluding carboxylic acids is 6. The summed E-state index contributed by atoms with van der Waals surface area (Å²) in [6, 6.07) is -1.16. The van der Waals surface area contributed by atoms with Crippen molar-refractivity contribution in [2.45, 2.75) is 206 Å². The minimum Gasteiger partial charge on any atom is -0.463 e. The molecule has 0 aromatic carbocycles. The Hall–Kier alpha value is -3.90. The topological polar surface area (TPSA) is 211 Å². The van der Waals surface area contributed by atoms with Gasteiger partial charge in [0.25, 0.3) is 11.7 Å². The molecule has 0 spiro atoms. The summed E-state index contributed by atoms with van der Waals surface area (Å²) in [4.78, 5) is 84.6. The number of fused-ring (bicyclic) bond motifs is 3. The van der Waals surface area contributed by atoms with Crippen molar-refractivity contribution in [2.24, 2.45) is 35.5 Å². The molecule has 0 aromatic rings. The molecule has 4 rings (SSSR count). The first-order valence-electron chi connectivity index (χ1n) is 27.4. The maximum absolute atomic E-state index is 14.6. The monoisotopic (exact) mass is 1040 g/mol. The number of esters is 2. The second-order valence-electron chi connectivity index (χ2n) is 21.8. The molecule has 0 radical (unpaired) electrons. The number of amides is 1. The molecule has 0 unspecified atom stereocenters. The van der Waals surface area contributed by atoms with Crippen molar-refractivity contribution >= 4 is 35.2 Å². The number of carbonyl (C=O) groups is 6. The van der Waals surface area contributed by atoms with Gasteiger partial charge in [0.1, 0.15) is 36.7 Å². The molecule has 16 nitrogen and oxygen atoms in total. The van der Waals surface area contributed by atoms with Crippen LogP contribution in [0, 0.1) is 35.5 Å². The lowest BCUT2D eigenvalue weighted by Crippen LogP contribution is -2.61. The summed E-state index contributed by atoms with van der Waals surface area (Å²) < 4.78 is 41.4. The van der Waals surface area contributed by atoms with E-state index in [0.29, 0.717) is 69.8 Å². The number of ether oxygens (including phenoxy) is 7. The van der Waals surface area contributed by atoms with Crippen LogP contribution in [0.25, 0.3) is 0 Å². The SMILES string of the molecule is CCCCC(=O)OCCO[C@@H]1CC[C@@H](C[C@@H](C)[C@@H]2CC(=O)[C@H](C)/C=C(\C)[C@@H](O)[C@@H](OC)C(=O)[C@H](C)C[C@H](C)/C=C/C=C/C=C(\C)[C@@H](OC)C[C@@H]3CC[C@@H](C)[C@@](O)(O3)C(=O)C(=O)N3CCCC[C@H]3C(=O)O2)C[C@H]1OC. The van der Waals surface area contributed by atoms with Gasteiger partial charge in [-0.3, -0.25) is 24.0 Å². The van der Waals surface area contributed by atoms with E-state index in [2.05, 4.69) is 0 Å². The van der Waals surface area contributed by atoms with Crippen molar-refractivity contribution in [3.63, 3.8) is 0 Å². The molecule has 1 amide bonds. The van der Waals surface area contributed by atoms with Crippen molar-refractivity contribution in [1.29, 1.82) is 0 Å². The molecule has 2 N–H and O–H groups in total. The van der Waals surface area contributed by atoms with E-state index in [9.17, 15) is 39.0 Å². The van der Waals surface area contributed by atoms with Gasteiger partial charge >= 0.3 is 11.9 Å². The summed E-state index contributed by atoms with van der Waals surface area (Å²) in [6.07, 6.45) is 13.7. The summed E-state index contributed by atoms with van der Waals surface area (Å²) in [5, 5.41) is 23.6. The number of rotatable bonds is 13. The highest BCUT2D eigenvalue weighted by molar-refractivity contribution is 6.39. The third-order valence-electron chi connectivity index (χ3n) is 15.9. The Balaban J connectivity index is 1.65. The number of methoxy groups -OCH3 is 3. The van der Waals surface area contributed by atoms with Crippen molar-refractivity contribution in [1.82, 2.24) is 4.90 Å². The summed E-state index contributed by atoms with van der Waals surface area (Å²) in [5.41, 5.74) is 1.26. The van der Waals surface area contributed by atoms with Gasteiger partial charge < -0.3 is 48.3 Å². The number of hydrogen-bond acceptors (Lipinski definition) is 15. The molecule has 16 heteroatoms. The van der Waals surface area contributed by atoms with E-state index >= 15 is 0 Å². The summed E-state index contributed by atoms with van der Waals surface area (Å²) in [7, 11) is 4.59. The smallest absolute Gasteiger partial charge is 0.329 e. The van der Waals surface area contributed by atoms with Crippen LogP contribution in [0.3, 0.4) is 0 Å². The van der Waals surface area contributed by atoms with Crippen LogP contribution in [0.15, 0.2) is 47.6 Å². The van der Waals surface area contributed by atoms with Gasteiger partial charge in [-0.2, -0.15) is 0 Å². The lowest BCUT2D eigenvalue weighted by atomic mass is 9.78. The van der Waals surface area contributed by atoms with E-state index in [4.69, 9.17) is 33.2 Å². The average molecular weight is 1040 g/mol. The fraction of sp³-hybridized carbons (Fsp3) is 0.759. The second-order valence-corrected chi connectivity index (χ2v) is 21.8. The van der Waals surface area contributed by atoms with Gasteiger partial charge in [0.15, 0.2) is 5.78 Å². The molecule has 1 aliphatic carbocycles. The number of nitrogens with zero attached hydrogens (tertiary/aromatic N) is 1. The molecule has 0 aromatic heterocycles. The Kier molecular flexibility index (Phi) is 26.0. The lowest BCUT2D eigenvalue weighted by molar-refractivity contribution is -0.265. The van der Waals surface area contributed by atoms with Gasteiger partial charge in [0, 0.05) is 64.9 Å². The van der Waals surface area contributed by atoms with E-state index in [0.717, 1.165) is 24.8 Å². The molecular formula is C58H91NO15. The molecule has 15 atom stereocenters. The van der Waals surface area contributed by atoms with E-state index in [-0.39, 0.29) is 80.1 Å². The van der Waals surface area contributed by atoms with Gasteiger partial charge in [-0.05, 0) is 113 Å². The summed E-state index contributed by atoms with van der Waals surface area (Å²) >= 11 is 0.